The molecule has 13 heavy (non-hydrogen) atoms. The second kappa shape index (κ2) is 4.91. The molecule has 2 rings (SSSR count). The molecule has 2 saturated heterocycles. The summed E-state index contributed by atoms with van der Waals surface area (Å²) in [6.45, 7) is 8.47. The van der Waals surface area contributed by atoms with Crippen molar-refractivity contribution in [3.05, 3.63) is 0 Å². The van der Waals surface area contributed by atoms with Crippen LogP contribution in [0.3, 0.4) is 0 Å². The zero-order valence-corrected chi connectivity index (χ0v) is 8.54. The van der Waals surface area contributed by atoms with Crippen molar-refractivity contribution in [3.63, 3.8) is 0 Å². The molecule has 0 aliphatic carbocycles. The van der Waals surface area contributed by atoms with Gasteiger partial charge in [0.05, 0.1) is 24.9 Å². The maximum absolute atomic E-state index is 5.12. The molecule has 2 aliphatic rings. The van der Waals surface area contributed by atoms with Crippen LogP contribution in [0.2, 0.25) is 0 Å². The summed E-state index contributed by atoms with van der Waals surface area (Å²) in [6, 6.07) is 0. The van der Waals surface area contributed by atoms with Gasteiger partial charge in [-0.1, -0.05) is 0 Å². The van der Waals surface area contributed by atoms with Crippen LogP contribution in [0.4, 0.5) is 0 Å². The average Bonchev–Trinajstić information content (AvgIpc) is 2.62. The van der Waals surface area contributed by atoms with Crippen molar-refractivity contribution in [2.75, 3.05) is 26.8 Å². The third kappa shape index (κ3) is 4.57. The lowest BCUT2D eigenvalue weighted by molar-refractivity contribution is 0.0121. The molecule has 0 N–H and O–H groups in total. The first-order valence-electron chi connectivity index (χ1n) is 4.51. The predicted molar refractivity (Wildman–Crippen MR) is 47.3 cm³/mol. The average molecular weight is 190 g/mol. The van der Waals surface area contributed by atoms with Gasteiger partial charge in [0.25, 0.3) is 0 Å². The largest absolute Gasteiger partial charge is 0.353 e. The maximum Gasteiger partial charge on any atom is 0.147 e. The highest BCUT2D eigenvalue weighted by molar-refractivity contribution is 4.69. The highest BCUT2D eigenvalue weighted by atomic mass is 16.7. The van der Waals surface area contributed by atoms with E-state index in [1.807, 2.05) is 20.8 Å². The molecule has 1 unspecified atom stereocenters. The molecule has 2 aliphatic heterocycles. The summed E-state index contributed by atoms with van der Waals surface area (Å²) in [7, 11) is 0. The Morgan fingerprint density at radius 3 is 2.08 bits per heavy atom. The van der Waals surface area contributed by atoms with Gasteiger partial charge in [0.2, 0.25) is 0 Å². The predicted octanol–water partition coefficient (Wildman–Crippen LogP) is 1.15. The number of hydrogen-bond acceptors (Lipinski definition) is 4. The number of hydrogen-bond donors (Lipinski definition) is 0. The van der Waals surface area contributed by atoms with Crippen LogP contribution in [0.5, 0.6) is 0 Å². The Balaban J connectivity index is 0.000000132. The third-order valence-corrected chi connectivity index (χ3v) is 1.77. The SMILES string of the molecule is CC1(C)COCO1.CC1COCO1. The van der Waals surface area contributed by atoms with Crippen molar-refractivity contribution in [1.29, 1.82) is 0 Å². The summed E-state index contributed by atoms with van der Waals surface area (Å²) >= 11 is 0. The molecule has 0 bridgehead atoms. The Hall–Kier alpha value is -0.160. The minimum atomic E-state index is -0.0278. The fraction of sp³-hybridized carbons (Fsp3) is 1.00. The molecular formula is C9H18O4. The molecule has 0 aromatic rings. The Bertz CT molecular complexity index is 133. The summed E-state index contributed by atoms with van der Waals surface area (Å²) in [4.78, 5) is 0. The standard InChI is InChI=1S/C5H10O2.C4H8O2/c1-5(2)3-6-4-7-5;1-4-2-5-3-6-4/h3-4H2,1-2H3;4H,2-3H2,1H3. The van der Waals surface area contributed by atoms with E-state index in [0.717, 1.165) is 13.2 Å². The molecule has 4 heteroatoms. The summed E-state index contributed by atoms with van der Waals surface area (Å²) in [5.74, 6) is 0. The van der Waals surface area contributed by atoms with E-state index in [2.05, 4.69) is 0 Å². The molecule has 78 valence electrons. The molecule has 0 radical (unpaired) electrons. The molecule has 0 spiro atoms. The molecule has 0 aromatic carbocycles. The first-order chi connectivity index (χ1) is 6.10. The van der Waals surface area contributed by atoms with Gasteiger partial charge < -0.3 is 18.9 Å². The van der Waals surface area contributed by atoms with Gasteiger partial charge in [0.1, 0.15) is 13.6 Å². The van der Waals surface area contributed by atoms with Gasteiger partial charge in [0.15, 0.2) is 0 Å². The first-order valence-corrected chi connectivity index (χ1v) is 4.51. The van der Waals surface area contributed by atoms with E-state index < -0.39 is 0 Å². The summed E-state index contributed by atoms with van der Waals surface area (Å²) in [5.41, 5.74) is -0.0278. The smallest absolute Gasteiger partial charge is 0.147 e. The van der Waals surface area contributed by atoms with Crippen LogP contribution < -0.4 is 0 Å². The van der Waals surface area contributed by atoms with Crippen molar-refractivity contribution >= 4 is 0 Å². The highest BCUT2D eigenvalue weighted by Crippen LogP contribution is 2.14. The highest BCUT2D eigenvalue weighted by Gasteiger charge is 2.23. The third-order valence-electron chi connectivity index (χ3n) is 1.77. The van der Waals surface area contributed by atoms with Crippen molar-refractivity contribution in [1.82, 2.24) is 0 Å². The minimum absolute atomic E-state index is 0.0278. The van der Waals surface area contributed by atoms with Crippen LogP contribution in [0.15, 0.2) is 0 Å². The van der Waals surface area contributed by atoms with Crippen molar-refractivity contribution in [2.24, 2.45) is 0 Å². The van der Waals surface area contributed by atoms with Gasteiger partial charge in [-0.15, -0.1) is 0 Å². The maximum atomic E-state index is 5.12. The lowest BCUT2D eigenvalue weighted by Gasteiger charge is -2.11. The molecule has 0 saturated carbocycles. The Morgan fingerprint density at radius 1 is 1.15 bits per heavy atom. The Morgan fingerprint density at radius 2 is 1.92 bits per heavy atom. The van der Waals surface area contributed by atoms with Crippen LogP contribution >= 0.6 is 0 Å². The fourth-order valence-corrected chi connectivity index (χ4v) is 0.957. The molecule has 2 fully saturated rings. The molecule has 0 aromatic heterocycles. The van der Waals surface area contributed by atoms with Crippen LogP contribution in [0.25, 0.3) is 0 Å². The summed E-state index contributed by atoms with van der Waals surface area (Å²) in [6.07, 6.45) is 0.324. The van der Waals surface area contributed by atoms with Crippen molar-refractivity contribution in [2.45, 2.75) is 32.5 Å². The van der Waals surface area contributed by atoms with E-state index in [1.165, 1.54) is 0 Å². The van der Waals surface area contributed by atoms with Gasteiger partial charge >= 0.3 is 0 Å². The molecule has 4 nitrogen and oxygen atoms in total. The zero-order chi connectivity index (χ0) is 9.73. The van der Waals surface area contributed by atoms with E-state index in [9.17, 15) is 0 Å². The van der Waals surface area contributed by atoms with E-state index in [0.29, 0.717) is 19.7 Å². The fourth-order valence-electron chi connectivity index (χ4n) is 0.957. The van der Waals surface area contributed by atoms with Gasteiger partial charge in [-0.3, -0.25) is 0 Å². The van der Waals surface area contributed by atoms with E-state index >= 15 is 0 Å². The van der Waals surface area contributed by atoms with Gasteiger partial charge in [0, 0.05) is 0 Å². The molecule has 1 atom stereocenters. The minimum Gasteiger partial charge on any atom is -0.353 e. The normalized spacial score (nSPS) is 31.2. The van der Waals surface area contributed by atoms with Crippen LogP contribution in [0, 0.1) is 0 Å². The van der Waals surface area contributed by atoms with Gasteiger partial charge in [-0.25, -0.2) is 0 Å². The van der Waals surface area contributed by atoms with E-state index in [4.69, 9.17) is 18.9 Å². The molecule has 0 amide bonds. The van der Waals surface area contributed by atoms with Gasteiger partial charge in [-0.05, 0) is 20.8 Å². The second-order valence-corrected chi connectivity index (χ2v) is 3.84. The summed E-state index contributed by atoms with van der Waals surface area (Å²) in [5, 5.41) is 0. The van der Waals surface area contributed by atoms with E-state index in [1.54, 1.807) is 0 Å². The second-order valence-electron chi connectivity index (χ2n) is 3.84. The number of ether oxygens (including phenoxy) is 4. The zero-order valence-electron chi connectivity index (χ0n) is 8.54. The van der Waals surface area contributed by atoms with Crippen LogP contribution in [0.1, 0.15) is 20.8 Å². The monoisotopic (exact) mass is 190 g/mol. The lowest BCUT2D eigenvalue weighted by Crippen LogP contribution is -2.20. The Kier molecular flexibility index (Phi) is 4.12. The lowest BCUT2D eigenvalue weighted by atomic mass is 10.2. The Labute approximate surface area is 79.1 Å². The topological polar surface area (TPSA) is 36.9 Å². The summed E-state index contributed by atoms with van der Waals surface area (Å²) < 4.78 is 19.8. The first kappa shape index (κ1) is 10.9. The van der Waals surface area contributed by atoms with Crippen molar-refractivity contribution < 1.29 is 18.9 Å². The van der Waals surface area contributed by atoms with E-state index in [-0.39, 0.29) is 5.60 Å². The van der Waals surface area contributed by atoms with Crippen molar-refractivity contribution in [3.8, 4) is 0 Å². The van der Waals surface area contributed by atoms with Gasteiger partial charge in [-0.2, -0.15) is 0 Å². The molecular weight excluding hydrogens is 172 g/mol. The quantitative estimate of drug-likeness (QED) is 0.574. The van der Waals surface area contributed by atoms with Crippen LogP contribution in [-0.4, -0.2) is 38.5 Å². The molecule has 2 heterocycles. The number of rotatable bonds is 0. The van der Waals surface area contributed by atoms with Crippen LogP contribution in [-0.2, 0) is 18.9 Å².